The van der Waals surface area contributed by atoms with Crippen molar-refractivity contribution in [1.82, 2.24) is 19.6 Å². The molecule has 0 spiro atoms. The van der Waals surface area contributed by atoms with Crippen molar-refractivity contribution in [2.24, 2.45) is 7.05 Å². The van der Waals surface area contributed by atoms with Gasteiger partial charge in [-0.2, -0.15) is 5.10 Å². The second-order valence-corrected chi connectivity index (χ2v) is 8.58. The molecule has 0 saturated carbocycles. The van der Waals surface area contributed by atoms with Crippen molar-refractivity contribution in [2.45, 2.75) is 25.8 Å². The van der Waals surface area contributed by atoms with E-state index in [9.17, 15) is 14.4 Å². The van der Waals surface area contributed by atoms with Gasteiger partial charge >= 0.3 is 0 Å². The summed E-state index contributed by atoms with van der Waals surface area (Å²) in [4.78, 5) is 41.3. The first-order valence-corrected chi connectivity index (χ1v) is 11.4. The van der Waals surface area contributed by atoms with E-state index in [2.05, 4.69) is 10.4 Å². The highest BCUT2D eigenvalue weighted by molar-refractivity contribution is 6.00. The molecule has 2 amide bonds. The summed E-state index contributed by atoms with van der Waals surface area (Å²) in [5.41, 5.74) is 2.49. The van der Waals surface area contributed by atoms with Gasteiger partial charge in [0.15, 0.2) is 5.78 Å². The average molecular weight is 460 g/mol. The number of ketones is 1. The molecule has 0 unspecified atom stereocenters. The smallest absolute Gasteiger partial charge is 0.255 e. The van der Waals surface area contributed by atoms with Crippen LogP contribution in [0.2, 0.25) is 0 Å². The van der Waals surface area contributed by atoms with Crippen LogP contribution in [0.3, 0.4) is 0 Å². The highest BCUT2D eigenvalue weighted by Gasteiger charge is 2.29. The summed E-state index contributed by atoms with van der Waals surface area (Å²) in [7, 11) is 3.64. The van der Waals surface area contributed by atoms with Crippen LogP contribution < -0.4 is 5.32 Å². The molecule has 4 rings (SSSR count). The van der Waals surface area contributed by atoms with Crippen LogP contribution in [0.25, 0.3) is 0 Å². The van der Waals surface area contributed by atoms with Gasteiger partial charge in [-0.05, 0) is 44.0 Å². The Bertz CT molecular complexity index is 1190. The summed E-state index contributed by atoms with van der Waals surface area (Å²) in [5.74, 6) is 0.667. The number of benzene rings is 2. The first kappa shape index (κ1) is 23.2. The van der Waals surface area contributed by atoms with E-state index in [0.29, 0.717) is 42.6 Å². The maximum Gasteiger partial charge on any atom is 0.255 e. The molecule has 1 saturated heterocycles. The number of aryl methyl sites for hydroxylation is 1. The van der Waals surface area contributed by atoms with Crippen LogP contribution in [0.5, 0.6) is 0 Å². The molecule has 3 aromatic rings. The Hall–Kier alpha value is -3.94. The molecule has 1 aliphatic heterocycles. The van der Waals surface area contributed by atoms with Gasteiger partial charge in [-0.25, -0.2) is 0 Å². The van der Waals surface area contributed by atoms with Gasteiger partial charge in [-0.1, -0.05) is 24.3 Å². The highest BCUT2D eigenvalue weighted by atomic mass is 16.2. The number of aromatic nitrogens is 2. The lowest BCUT2D eigenvalue weighted by Crippen LogP contribution is -2.47. The second-order valence-electron chi connectivity index (χ2n) is 8.58. The van der Waals surface area contributed by atoms with Crippen LogP contribution in [-0.4, -0.2) is 63.4 Å². The number of anilines is 2. The summed E-state index contributed by atoms with van der Waals surface area (Å²) in [6, 6.07) is 16.1. The van der Waals surface area contributed by atoms with E-state index in [-0.39, 0.29) is 23.6 Å². The maximum absolute atomic E-state index is 13.3. The van der Waals surface area contributed by atoms with Crippen LogP contribution in [0, 0.1) is 0 Å². The largest absolute Gasteiger partial charge is 0.340 e. The van der Waals surface area contributed by atoms with E-state index >= 15 is 0 Å². The number of Topliss-reactive ketones (excluding diaryl/α,β-unsaturated/α-hetero) is 1. The number of hydrogen-bond donors (Lipinski definition) is 1. The minimum atomic E-state index is -0.0781. The van der Waals surface area contributed by atoms with E-state index in [0.717, 1.165) is 11.5 Å². The third-order valence-corrected chi connectivity index (χ3v) is 6.40. The van der Waals surface area contributed by atoms with E-state index < -0.39 is 0 Å². The Labute approximate surface area is 199 Å². The molecule has 2 aromatic carbocycles. The van der Waals surface area contributed by atoms with Crippen LogP contribution in [-0.2, 0) is 7.05 Å². The lowest BCUT2D eigenvalue weighted by molar-refractivity contribution is 0.0570. The predicted molar refractivity (Wildman–Crippen MR) is 130 cm³/mol. The molecular weight excluding hydrogens is 430 g/mol. The molecule has 1 aromatic heterocycles. The van der Waals surface area contributed by atoms with Gasteiger partial charge in [-0.15, -0.1) is 0 Å². The van der Waals surface area contributed by atoms with Crippen LogP contribution in [0.15, 0.2) is 60.8 Å². The van der Waals surface area contributed by atoms with Gasteiger partial charge in [0.1, 0.15) is 5.82 Å². The third-order valence-electron chi connectivity index (χ3n) is 6.40. The minimum absolute atomic E-state index is 0.0264. The van der Waals surface area contributed by atoms with Gasteiger partial charge in [-0.3, -0.25) is 19.1 Å². The molecule has 0 atom stereocenters. The molecule has 8 nitrogen and oxygen atoms in total. The summed E-state index contributed by atoms with van der Waals surface area (Å²) < 4.78 is 1.72. The van der Waals surface area contributed by atoms with Crippen molar-refractivity contribution < 1.29 is 14.4 Å². The number of carbonyl (C=O) groups is 3. The number of para-hydroxylation sites is 1. The number of likely N-dealkylation sites (tertiary alicyclic amines) is 1. The summed E-state index contributed by atoms with van der Waals surface area (Å²) in [5, 5.41) is 7.45. The monoisotopic (exact) mass is 459 g/mol. The fourth-order valence-corrected chi connectivity index (χ4v) is 4.26. The Kier molecular flexibility index (Phi) is 6.77. The van der Waals surface area contributed by atoms with Crippen molar-refractivity contribution in [3.63, 3.8) is 0 Å². The number of carbonyl (C=O) groups excluding carboxylic acids is 3. The Morgan fingerprint density at radius 3 is 2.24 bits per heavy atom. The molecule has 1 aliphatic rings. The van der Waals surface area contributed by atoms with Gasteiger partial charge in [0.25, 0.3) is 11.8 Å². The number of nitrogens with zero attached hydrogens (tertiary/aromatic N) is 4. The molecule has 1 fully saturated rings. The molecule has 1 N–H and O–H groups in total. The first-order chi connectivity index (χ1) is 16.3. The van der Waals surface area contributed by atoms with E-state index in [1.807, 2.05) is 42.3 Å². The van der Waals surface area contributed by atoms with Crippen LogP contribution in [0.4, 0.5) is 11.5 Å². The predicted octanol–water partition coefficient (Wildman–Crippen LogP) is 3.74. The fraction of sp³-hybridized carbons (Fsp3) is 0.308. The quantitative estimate of drug-likeness (QED) is 0.568. The lowest BCUT2D eigenvalue weighted by Gasteiger charge is -2.37. The van der Waals surface area contributed by atoms with Gasteiger partial charge < -0.3 is 15.1 Å². The number of piperidine rings is 1. The third kappa shape index (κ3) is 4.85. The average Bonchev–Trinajstić information content (AvgIpc) is 3.27. The minimum Gasteiger partial charge on any atom is -0.340 e. The molecule has 34 heavy (non-hydrogen) atoms. The number of hydrogen-bond acceptors (Lipinski definition) is 5. The molecule has 0 radical (unpaired) electrons. The van der Waals surface area contributed by atoms with Gasteiger partial charge in [0.05, 0.1) is 17.4 Å². The van der Waals surface area contributed by atoms with Crippen molar-refractivity contribution in [2.75, 3.05) is 25.5 Å². The lowest BCUT2D eigenvalue weighted by atomic mass is 10.0. The van der Waals surface area contributed by atoms with Crippen molar-refractivity contribution in [3.8, 4) is 0 Å². The topological polar surface area (TPSA) is 87.5 Å². The summed E-state index contributed by atoms with van der Waals surface area (Å²) in [6.07, 6.45) is 3.11. The Morgan fingerprint density at radius 2 is 1.62 bits per heavy atom. The van der Waals surface area contributed by atoms with Crippen molar-refractivity contribution in [3.05, 3.63) is 77.5 Å². The Morgan fingerprint density at radius 1 is 0.971 bits per heavy atom. The van der Waals surface area contributed by atoms with Crippen LogP contribution >= 0.6 is 0 Å². The number of nitrogens with one attached hydrogen (secondary N) is 1. The zero-order valence-electron chi connectivity index (χ0n) is 19.7. The van der Waals surface area contributed by atoms with Crippen molar-refractivity contribution in [1.29, 1.82) is 0 Å². The number of rotatable bonds is 6. The Balaban J connectivity index is 1.39. The second kappa shape index (κ2) is 9.91. The zero-order chi connectivity index (χ0) is 24.2. The molecule has 0 aliphatic carbocycles. The van der Waals surface area contributed by atoms with E-state index in [4.69, 9.17) is 0 Å². The molecular formula is C26H29N5O3. The van der Waals surface area contributed by atoms with E-state index in [1.54, 1.807) is 47.1 Å². The number of amides is 2. The van der Waals surface area contributed by atoms with Crippen LogP contribution in [0.1, 0.15) is 50.8 Å². The fourth-order valence-electron chi connectivity index (χ4n) is 4.26. The zero-order valence-corrected chi connectivity index (χ0v) is 19.7. The summed E-state index contributed by atoms with van der Waals surface area (Å²) >= 11 is 0. The standard InChI is InChI=1S/C26H29N5O3/c1-18(32)19-8-10-20(11-9-19)25(33)29(2)21-13-16-31(17-14-21)26(34)22-6-4-5-7-23(22)28-24-12-15-27-30(24)3/h4-12,15,21,28H,13-14,16-17H2,1-3H3. The normalized spacial score (nSPS) is 14.0. The van der Waals surface area contributed by atoms with Crippen molar-refractivity contribution >= 4 is 29.1 Å². The SMILES string of the molecule is CC(=O)c1ccc(C(=O)N(C)C2CCN(C(=O)c3ccccc3Nc3ccnn3C)CC2)cc1. The molecule has 176 valence electrons. The maximum atomic E-state index is 13.3. The molecule has 0 bridgehead atoms. The van der Waals surface area contributed by atoms with E-state index in [1.165, 1.54) is 6.92 Å². The first-order valence-electron chi connectivity index (χ1n) is 11.4. The highest BCUT2D eigenvalue weighted by Crippen LogP contribution is 2.25. The molecule has 8 heteroatoms. The molecule has 2 heterocycles. The van der Waals surface area contributed by atoms with Gasteiger partial charge in [0, 0.05) is 50.4 Å². The van der Waals surface area contributed by atoms with Gasteiger partial charge in [0.2, 0.25) is 0 Å². The summed E-state index contributed by atoms with van der Waals surface area (Å²) in [6.45, 7) is 2.65.